The van der Waals surface area contributed by atoms with E-state index in [2.05, 4.69) is 25.8 Å². The van der Waals surface area contributed by atoms with Gasteiger partial charge in [-0.2, -0.15) is 0 Å². The van der Waals surface area contributed by atoms with Crippen molar-refractivity contribution in [3.63, 3.8) is 0 Å². The van der Waals surface area contributed by atoms with E-state index < -0.39 is 0 Å². The van der Waals surface area contributed by atoms with Crippen LogP contribution in [0.15, 0.2) is 60.9 Å². The zero-order valence-electron chi connectivity index (χ0n) is 13.9. The van der Waals surface area contributed by atoms with Crippen molar-refractivity contribution in [3.8, 4) is 0 Å². The number of aromatic nitrogens is 3. The Morgan fingerprint density at radius 1 is 1.00 bits per heavy atom. The van der Waals surface area contributed by atoms with Crippen molar-refractivity contribution in [2.45, 2.75) is 20.0 Å². The zero-order chi connectivity index (χ0) is 17.5. The minimum absolute atomic E-state index is 0.243. The Morgan fingerprint density at radius 2 is 1.88 bits per heavy atom. The predicted octanol–water partition coefficient (Wildman–Crippen LogP) is 2.72. The fourth-order valence-corrected chi connectivity index (χ4v) is 2.34. The van der Waals surface area contributed by atoms with Crippen LogP contribution < -0.4 is 10.6 Å². The molecule has 0 bridgehead atoms. The molecule has 0 radical (unpaired) electrons. The van der Waals surface area contributed by atoms with Crippen LogP contribution in [0.3, 0.4) is 0 Å². The van der Waals surface area contributed by atoms with Crippen LogP contribution in [-0.4, -0.2) is 21.1 Å². The van der Waals surface area contributed by atoms with Gasteiger partial charge in [0.1, 0.15) is 5.82 Å². The maximum absolute atomic E-state index is 12.2. The largest absolute Gasteiger partial charge is 0.364 e. The number of aryl methyl sites for hydroxylation is 1. The van der Waals surface area contributed by atoms with Crippen molar-refractivity contribution in [1.82, 2.24) is 20.5 Å². The summed E-state index contributed by atoms with van der Waals surface area (Å²) in [6, 6.07) is 15.3. The Labute approximate surface area is 146 Å². The Kier molecular flexibility index (Phi) is 5.31. The monoisotopic (exact) mass is 333 g/mol. The average molecular weight is 333 g/mol. The highest BCUT2D eigenvalue weighted by atomic mass is 16.1. The minimum Gasteiger partial charge on any atom is -0.364 e. The predicted molar refractivity (Wildman–Crippen MR) is 95.9 cm³/mol. The Hall–Kier alpha value is -3.28. The summed E-state index contributed by atoms with van der Waals surface area (Å²) < 4.78 is 0. The third-order valence-corrected chi connectivity index (χ3v) is 3.63. The molecule has 6 nitrogen and oxygen atoms in total. The number of anilines is 1. The molecule has 0 saturated carbocycles. The van der Waals surface area contributed by atoms with Gasteiger partial charge in [-0.05, 0) is 36.2 Å². The molecule has 3 rings (SSSR count). The number of nitrogens with one attached hydrogen (secondary N) is 2. The molecule has 2 aromatic heterocycles. The van der Waals surface area contributed by atoms with Gasteiger partial charge in [0.05, 0.1) is 0 Å². The number of amides is 1. The highest BCUT2D eigenvalue weighted by Crippen LogP contribution is 2.06. The molecule has 0 spiro atoms. The third-order valence-electron chi connectivity index (χ3n) is 3.63. The second kappa shape index (κ2) is 8.01. The Bertz CT molecular complexity index is 834. The summed E-state index contributed by atoms with van der Waals surface area (Å²) in [6.45, 7) is 3.08. The molecule has 1 amide bonds. The van der Waals surface area contributed by atoms with Crippen molar-refractivity contribution in [3.05, 3.63) is 83.3 Å². The van der Waals surface area contributed by atoms with Gasteiger partial charge in [-0.3, -0.25) is 9.78 Å². The summed E-state index contributed by atoms with van der Waals surface area (Å²) in [5.41, 5.74) is 3.55. The number of benzene rings is 1. The normalized spacial score (nSPS) is 10.3. The first-order valence-corrected chi connectivity index (χ1v) is 8.01. The molecule has 25 heavy (non-hydrogen) atoms. The number of hydrogen-bond donors (Lipinski definition) is 2. The van der Waals surface area contributed by atoms with Gasteiger partial charge in [0.2, 0.25) is 0 Å². The maximum atomic E-state index is 12.2. The third kappa shape index (κ3) is 4.84. The van der Waals surface area contributed by atoms with Crippen LogP contribution in [0.25, 0.3) is 0 Å². The topological polar surface area (TPSA) is 79.8 Å². The van der Waals surface area contributed by atoms with Gasteiger partial charge in [0.25, 0.3) is 5.91 Å². The summed E-state index contributed by atoms with van der Waals surface area (Å²) >= 11 is 0. The van der Waals surface area contributed by atoms with Gasteiger partial charge in [-0.1, -0.05) is 35.9 Å². The first-order valence-electron chi connectivity index (χ1n) is 8.01. The van der Waals surface area contributed by atoms with E-state index in [1.165, 1.54) is 0 Å². The molecule has 0 unspecified atom stereocenters. The lowest BCUT2D eigenvalue weighted by Gasteiger charge is -2.07. The van der Waals surface area contributed by atoms with E-state index >= 15 is 0 Å². The lowest BCUT2D eigenvalue weighted by molar-refractivity contribution is 0.0945. The quantitative estimate of drug-likeness (QED) is 0.725. The molecule has 0 atom stereocenters. The van der Waals surface area contributed by atoms with E-state index in [4.69, 9.17) is 0 Å². The summed E-state index contributed by atoms with van der Waals surface area (Å²) in [7, 11) is 0. The molecule has 2 heterocycles. The molecule has 6 heteroatoms. The summed E-state index contributed by atoms with van der Waals surface area (Å²) in [6.07, 6.45) is 3.51. The van der Waals surface area contributed by atoms with Gasteiger partial charge in [-0.15, -0.1) is 10.2 Å². The van der Waals surface area contributed by atoms with E-state index in [0.717, 1.165) is 16.7 Å². The standard InChI is InChI=1S/C19H19N5O/c1-14-4-2-5-15(10-14)12-22-19(25)17-7-8-18(24-23-17)21-13-16-6-3-9-20-11-16/h2-11H,12-13H2,1H3,(H,21,24)(H,22,25). The molecule has 0 aliphatic rings. The van der Waals surface area contributed by atoms with Crippen LogP contribution in [0.1, 0.15) is 27.2 Å². The van der Waals surface area contributed by atoms with Crippen LogP contribution in [-0.2, 0) is 13.1 Å². The van der Waals surface area contributed by atoms with Gasteiger partial charge in [0.15, 0.2) is 5.69 Å². The van der Waals surface area contributed by atoms with Gasteiger partial charge in [-0.25, -0.2) is 0 Å². The molecule has 3 aromatic rings. The second-order valence-electron chi connectivity index (χ2n) is 5.69. The van der Waals surface area contributed by atoms with Crippen molar-refractivity contribution >= 4 is 11.7 Å². The van der Waals surface area contributed by atoms with Crippen molar-refractivity contribution in [2.75, 3.05) is 5.32 Å². The zero-order valence-corrected chi connectivity index (χ0v) is 13.9. The fourth-order valence-electron chi connectivity index (χ4n) is 2.34. The summed E-state index contributed by atoms with van der Waals surface area (Å²) in [5.74, 6) is 0.368. The van der Waals surface area contributed by atoms with Gasteiger partial charge >= 0.3 is 0 Å². The highest BCUT2D eigenvalue weighted by Gasteiger charge is 2.08. The number of carbonyl (C=O) groups is 1. The summed E-state index contributed by atoms with van der Waals surface area (Å²) in [4.78, 5) is 16.2. The average Bonchev–Trinajstić information content (AvgIpc) is 2.66. The smallest absolute Gasteiger partial charge is 0.272 e. The molecule has 0 saturated heterocycles. The van der Waals surface area contributed by atoms with Gasteiger partial charge < -0.3 is 10.6 Å². The number of carbonyl (C=O) groups excluding carboxylic acids is 1. The van der Waals surface area contributed by atoms with Crippen molar-refractivity contribution in [1.29, 1.82) is 0 Å². The second-order valence-corrected chi connectivity index (χ2v) is 5.69. The SMILES string of the molecule is Cc1cccc(CNC(=O)c2ccc(NCc3cccnc3)nn2)c1. The number of pyridine rings is 1. The molecule has 0 fully saturated rings. The first-order chi connectivity index (χ1) is 12.2. The van der Waals surface area contributed by atoms with Crippen molar-refractivity contribution in [2.24, 2.45) is 0 Å². The van der Waals surface area contributed by atoms with Crippen LogP contribution in [0.5, 0.6) is 0 Å². The van der Waals surface area contributed by atoms with E-state index in [0.29, 0.717) is 24.6 Å². The Morgan fingerprint density at radius 3 is 2.60 bits per heavy atom. The van der Waals surface area contributed by atoms with E-state index in [9.17, 15) is 4.79 Å². The molecule has 0 aliphatic carbocycles. The molecule has 126 valence electrons. The van der Waals surface area contributed by atoms with Gasteiger partial charge in [0, 0.05) is 25.5 Å². The Balaban J connectivity index is 1.53. The number of nitrogens with zero attached hydrogens (tertiary/aromatic N) is 3. The van der Waals surface area contributed by atoms with E-state index in [1.807, 2.05) is 43.3 Å². The molecular weight excluding hydrogens is 314 g/mol. The lowest BCUT2D eigenvalue weighted by atomic mass is 10.1. The highest BCUT2D eigenvalue weighted by molar-refractivity contribution is 5.92. The van der Waals surface area contributed by atoms with E-state index in [-0.39, 0.29) is 5.91 Å². The van der Waals surface area contributed by atoms with Crippen LogP contribution >= 0.6 is 0 Å². The van der Waals surface area contributed by atoms with E-state index in [1.54, 1.807) is 24.5 Å². The first kappa shape index (κ1) is 16.6. The minimum atomic E-state index is -0.243. The number of hydrogen-bond acceptors (Lipinski definition) is 5. The number of rotatable bonds is 6. The van der Waals surface area contributed by atoms with Crippen LogP contribution in [0.2, 0.25) is 0 Å². The fraction of sp³-hybridized carbons (Fsp3) is 0.158. The van der Waals surface area contributed by atoms with Crippen LogP contribution in [0.4, 0.5) is 5.82 Å². The molecule has 1 aromatic carbocycles. The molecule has 0 aliphatic heterocycles. The summed E-state index contributed by atoms with van der Waals surface area (Å²) in [5, 5.41) is 14.0. The lowest BCUT2D eigenvalue weighted by Crippen LogP contribution is -2.24. The van der Waals surface area contributed by atoms with Crippen LogP contribution in [0, 0.1) is 6.92 Å². The molecular formula is C19H19N5O. The van der Waals surface area contributed by atoms with Crippen molar-refractivity contribution < 1.29 is 4.79 Å². The maximum Gasteiger partial charge on any atom is 0.272 e. The molecule has 2 N–H and O–H groups in total.